The van der Waals surface area contributed by atoms with E-state index < -0.39 is 4.92 Å². The molecule has 0 unspecified atom stereocenters. The molecule has 1 aromatic rings. The van der Waals surface area contributed by atoms with Gasteiger partial charge in [0.25, 0.3) is 5.69 Å². The quantitative estimate of drug-likeness (QED) is 0.465. The van der Waals surface area contributed by atoms with Gasteiger partial charge in [0.2, 0.25) is 0 Å². The van der Waals surface area contributed by atoms with Crippen LogP contribution in [0.3, 0.4) is 0 Å². The molecule has 0 atom stereocenters. The zero-order chi connectivity index (χ0) is 12.3. The van der Waals surface area contributed by atoms with Crippen LogP contribution in [0.15, 0.2) is 18.2 Å². The number of hydrogen-bond donors (Lipinski definition) is 2. The van der Waals surface area contributed by atoms with Gasteiger partial charge in [-0.05, 0) is 18.9 Å². The molecule has 0 radical (unpaired) electrons. The third-order valence-corrected chi connectivity index (χ3v) is 2.93. The third kappa shape index (κ3) is 3.57. The molecule has 0 aliphatic heterocycles. The van der Waals surface area contributed by atoms with E-state index in [1.807, 2.05) is 0 Å². The molecule has 0 amide bonds. The van der Waals surface area contributed by atoms with Crippen molar-refractivity contribution in [3.05, 3.63) is 33.3 Å². The number of halogens is 1. The van der Waals surface area contributed by atoms with Gasteiger partial charge >= 0.3 is 0 Å². The molecule has 1 aliphatic rings. The van der Waals surface area contributed by atoms with Crippen LogP contribution in [0.1, 0.15) is 12.8 Å². The zero-order valence-electron chi connectivity index (χ0n) is 9.28. The van der Waals surface area contributed by atoms with Gasteiger partial charge in [-0.15, -0.1) is 0 Å². The largest absolute Gasteiger partial charge is 0.383 e. The summed E-state index contributed by atoms with van der Waals surface area (Å²) in [6, 6.07) is 5.13. The molecule has 0 heterocycles. The van der Waals surface area contributed by atoms with Crippen LogP contribution in [0.25, 0.3) is 0 Å². The number of nitro benzene ring substituents is 1. The maximum absolute atomic E-state index is 10.5. The van der Waals surface area contributed by atoms with Gasteiger partial charge in [0.1, 0.15) is 0 Å². The van der Waals surface area contributed by atoms with Crippen molar-refractivity contribution >= 4 is 23.0 Å². The van der Waals surface area contributed by atoms with Gasteiger partial charge in [-0.2, -0.15) is 0 Å². The lowest BCUT2D eigenvalue weighted by Gasteiger charge is -2.08. The molecule has 0 aromatic heterocycles. The summed E-state index contributed by atoms with van der Waals surface area (Å²) in [7, 11) is 0. The second kappa shape index (κ2) is 5.33. The Morgan fingerprint density at radius 3 is 2.76 bits per heavy atom. The van der Waals surface area contributed by atoms with E-state index in [9.17, 15) is 10.1 Å². The summed E-state index contributed by atoms with van der Waals surface area (Å²) in [6.07, 6.45) is 2.52. The maximum atomic E-state index is 10.5. The molecular formula is C11H14ClN3O2. The Hall–Kier alpha value is -1.33. The molecule has 1 aromatic carbocycles. The van der Waals surface area contributed by atoms with Crippen LogP contribution >= 0.6 is 11.6 Å². The lowest BCUT2D eigenvalue weighted by molar-refractivity contribution is -0.384. The van der Waals surface area contributed by atoms with Crippen molar-refractivity contribution in [1.82, 2.24) is 5.32 Å². The first-order valence-corrected chi connectivity index (χ1v) is 5.96. The van der Waals surface area contributed by atoms with Crippen LogP contribution in [0.4, 0.5) is 11.4 Å². The first-order chi connectivity index (χ1) is 8.16. The number of nitrogens with one attached hydrogen (secondary N) is 2. The van der Waals surface area contributed by atoms with Crippen molar-refractivity contribution in [2.75, 3.05) is 18.4 Å². The number of rotatable bonds is 6. The fourth-order valence-electron chi connectivity index (χ4n) is 1.52. The molecule has 1 fully saturated rings. The average molecular weight is 256 g/mol. The molecular weight excluding hydrogens is 242 g/mol. The van der Waals surface area contributed by atoms with Gasteiger partial charge in [-0.3, -0.25) is 10.1 Å². The summed E-state index contributed by atoms with van der Waals surface area (Å²) in [5.41, 5.74) is 0.742. The van der Waals surface area contributed by atoms with E-state index in [1.165, 1.54) is 25.0 Å². The number of hydrogen-bond acceptors (Lipinski definition) is 4. The van der Waals surface area contributed by atoms with E-state index in [4.69, 9.17) is 11.6 Å². The van der Waals surface area contributed by atoms with E-state index in [0.29, 0.717) is 11.1 Å². The van der Waals surface area contributed by atoms with Gasteiger partial charge in [0.05, 0.1) is 15.6 Å². The lowest BCUT2D eigenvalue weighted by Crippen LogP contribution is -2.23. The van der Waals surface area contributed by atoms with Crippen molar-refractivity contribution in [3.8, 4) is 0 Å². The van der Waals surface area contributed by atoms with Gasteiger partial charge in [0, 0.05) is 31.3 Å². The number of non-ortho nitro benzene ring substituents is 1. The van der Waals surface area contributed by atoms with Crippen molar-refractivity contribution in [2.45, 2.75) is 18.9 Å². The molecule has 17 heavy (non-hydrogen) atoms. The van der Waals surface area contributed by atoms with Gasteiger partial charge in [0.15, 0.2) is 0 Å². The van der Waals surface area contributed by atoms with Crippen LogP contribution < -0.4 is 10.6 Å². The summed E-state index contributed by atoms with van der Waals surface area (Å²) < 4.78 is 0. The number of benzene rings is 1. The Morgan fingerprint density at radius 2 is 2.18 bits per heavy atom. The fourth-order valence-corrected chi connectivity index (χ4v) is 1.76. The van der Waals surface area contributed by atoms with Gasteiger partial charge in [-0.25, -0.2) is 0 Å². The van der Waals surface area contributed by atoms with Crippen LogP contribution in [-0.2, 0) is 0 Å². The molecule has 2 N–H and O–H groups in total. The monoisotopic (exact) mass is 255 g/mol. The summed E-state index contributed by atoms with van der Waals surface area (Å²) in [5.74, 6) is 0. The van der Waals surface area contributed by atoms with Crippen molar-refractivity contribution in [3.63, 3.8) is 0 Å². The topological polar surface area (TPSA) is 67.2 Å². The minimum atomic E-state index is -0.454. The second-order valence-electron chi connectivity index (χ2n) is 4.08. The summed E-state index contributed by atoms with van der Waals surface area (Å²) in [5, 5.41) is 17.4. The Balaban J connectivity index is 1.84. The molecule has 0 saturated heterocycles. The Morgan fingerprint density at radius 1 is 1.41 bits per heavy atom. The van der Waals surface area contributed by atoms with Crippen LogP contribution in [0, 0.1) is 10.1 Å². The fraction of sp³-hybridized carbons (Fsp3) is 0.455. The predicted octanol–water partition coefficient (Wildman–Crippen LogP) is 2.41. The highest BCUT2D eigenvalue weighted by molar-refractivity contribution is 6.33. The first kappa shape index (κ1) is 12.1. The second-order valence-corrected chi connectivity index (χ2v) is 4.48. The number of nitrogens with zero attached hydrogens (tertiary/aromatic N) is 1. The van der Waals surface area contributed by atoms with Crippen LogP contribution in [-0.4, -0.2) is 24.1 Å². The molecule has 2 rings (SSSR count). The molecule has 5 nitrogen and oxygen atoms in total. The zero-order valence-corrected chi connectivity index (χ0v) is 10.0. The van der Waals surface area contributed by atoms with Crippen molar-refractivity contribution < 1.29 is 4.92 Å². The SMILES string of the molecule is O=[N+]([O-])c1ccc(NCCNC2CC2)c(Cl)c1. The van der Waals surface area contributed by atoms with Crippen LogP contribution in [0.5, 0.6) is 0 Å². The third-order valence-electron chi connectivity index (χ3n) is 2.61. The normalized spacial score (nSPS) is 14.6. The van der Waals surface area contributed by atoms with Crippen molar-refractivity contribution in [1.29, 1.82) is 0 Å². The van der Waals surface area contributed by atoms with E-state index in [2.05, 4.69) is 10.6 Å². The highest BCUT2D eigenvalue weighted by atomic mass is 35.5. The molecule has 6 heteroatoms. The summed E-state index contributed by atoms with van der Waals surface area (Å²) in [4.78, 5) is 10.1. The number of anilines is 1. The summed E-state index contributed by atoms with van der Waals surface area (Å²) in [6.45, 7) is 1.63. The molecule has 1 saturated carbocycles. The molecule has 0 spiro atoms. The predicted molar refractivity (Wildman–Crippen MR) is 67.6 cm³/mol. The van der Waals surface area contributed by atoms with E-state index in [0.717, 1.165) is 18.8 Å². The minimum absolute atomic E-state index is 0.0108. The van der Waals surface area contributed by atoms with Crippen molar-refractivity contribution in [2.24, 2.45) is 0 Å². The lowest BCUT2D eigenvalue weighted by atomic mass is 10.3. The Kier molecular flexibility index (Phi) is 3.81. The van der Waals surface area contributed by atoms with Gasteiger partial charge in [-0.1, -0.05) is 11.6 Å². The average Bonchev–Trinajstić information content (AvgIpc) is 3.09. The standard InChI is InChI=1S/C11H14ClN3O2/c12-10-7-9(15(16)17)3-4-11(10)14-6-5-13-8-1-2-8/h3-4,7-8,13-14H,1-2,5-6H2. The molecule has 0 bridgehead atoms. The maximum Gasteiger partial charge on any atom is 0.271 e. The number of nitro groups is 1. The van der Waals surface area contributed by atoms with E-state index in [1.54, 1.807) is 6.07 Å². The summed E-state index contributed by atoms with van der Waals surface area (Å²) >= 11 is 5.94. The Bertz CT molecular complexity index is 421. The molecule has 92 valence electrons. The Labute approximate surface area is 104 Å². The van der Waals surface area contributed by atoms with Crippen LogP contribution in [0.2, 0.25) is 5.02 Å². The first-order valence-electron chi connectivity index (χ1n) is 5.58. The minimum Gasteiger partial charge on any atom is -0.383 e. The molecule has 1 aliphatic carbocycles. The van der Waals surface area contributed by atoms with Gasteiger partial charge < -0.3 is 10.6 Å². The highest BCUT2D eigenvalue weighted by Crippen LogP contribution is 2.26. The van der Waals surface area contributed by atoms with E-state index in [-0.39, 0.29) is 5.69 Å². The highest BCUT2D eigenvalue weighted by Gasteiger charge is 2.19. The smallest absolute Gasteiger partial charge is 0.271 e. The van der Waals surface area contributed by atoms with E-state index >= 15 is 0 Å².